The summed E-state index contributed by atoms with van der Waals surface area (Å²) >= 11 is 0. The van der Waals surface area contributed by atoms with Crippen molar-refractivity contribution in [2.75, 3.05) is 19.6 Å². The van der Waals surface area contributed by atoms with Gasteiger partial charge in [0.05, 0.1) is 6.04 Å². The van der Waals surface area contributed by atoms with E-state index in [0.717, 1.165) is 31.2 Å². The molecule has 2 atom stereocenters. The summed E-state index contributed by atoms with van der Waals surface area (Å²) in [5.41, 5.74) is 1.11. The lowest BCUT2D eigenvalue weighted by Gasteiger charge is -2.35. The molecule has 2 fully saturated rings. The van der Waals surface area contributed by atoms with Crippen molar-refractivity contribution >= 4 is 10.2 Å². The molecule has 0 N–H and O–H groups in total. The van der Waals surface area contributed by atoms with E-state index < -0.39 is 10.2 Å². The highest BCUT2D eigenvalue weighted by Gasteiger charge is 2.39. The molecule has 1 aromatic carbocycles. The zero-order valence-corrected chi connectivity index (χ0v) is 13.4. The highest BCUT2D eigenvalue weighted by molar-refractivity contribution is 7.86. The monoisotopic (exact) mass is 308 g/mol. The van der Waals surface area contributed by atoms with E-state index in [-0.39, 0.29) is 6.04 Å². The van der Waals surface area contributed by atoms with Crippen molar-refractivity contribution < 1.29 is 8.42 Å². The molecule has 0 saturated carbocycles. The molecule has 0 unspecified atom stereocenters. The third-order valence-electron chi connectivity index (χ3n) is 4.63. The summed E-state index contributed by atoms with van der Waals surface area (Å²) < 4.78 is 29.4. The van der Waals surface area contributed by atoms with Gasteiger partial charge in [0.25, 0.3) is 10.2 Å². The lowest BCUT2D eigenvalue weighted by atomic mass is 10.0. The van der Waals surface area contributed by atoms with E-state index in [0.29, 0.717) is 25.6 Å². The topological polar surface area (TPSA) is 40.6 Å². The summed E-state index contributed by atoms with van der Waals surface area (Å²) in [6.07, 6.45) is 3.98. The molecule has 0 radical (unpaired) electrons. The van der Waals surface area contributed by atoms with Crippen LogP contribution in [0.3, 0.4) is 0 Å². The van der Waals surface area contributed by atoms with Crippen LogP contribution in [-0.4, -0.2) is 36.7 Å². The molecule has 4 nitrogen and oxygen atoms in total. The Bertz CT molecular complexity index is 573. The van der Waals surface area contributed by atoms with Gasteiger partial charge in [0, 0.05) is 19.6 Å². The second-order valence-electron chi connectivity index (χ2n) is 6.29. The largest absolute Gasteiger partial charge is 0.282 e. The minimum absolute atomic E-state index is 0.00781. The van der Waals surface area contributed by atoms with E-state index in [1.807, 2.05) is 30.3 Å². The summed E-state index contributed by atoms with van der Waals surface area (Å²) in [6.45, 7) is 4.12. The molecule has 0 spiro atoms. The van der Waals surface area contributed by atoms with Gasteiger partial charge in [-0.3, -0.25) is 0 Å². The Morgan fingerprint density at radius 1 is 1.05 bits per heavy atom. The van der Waals surface area contributed by atoms with Crippen molar-refractivity contribution in [1.82, 2.24) is 8.61 Å². The molecule has 1 aromatic rings. The van der Waals surface area contributed by atoms with Crippen molar-refractivity contribution in [2.24, 2.45) is 5.92 Å². The maximum absolute atomic E-state index is 13.0. The van der Waals surface area contributed by atoms with Gasteiger partial charge >= 0.3 is 0 Å². The average molecular weight is 308 g/mol. The molecule has 0 aliphatic carbocycles. The molecule has 5 heteroatoms. The van der Waals surface area contributed by atoms with Gasteiger partial charge in [0.2, 0.25) is 0 Å². The van der Waals surface area contributed by atoms with Crippen LogP contribution in [0.1, 0.15) is 44.2 Å². The molecule has 2 aliphatic rings. The van der Waals surface area contributed by atoms with E-state index in [1.54, 1.807) is 8.61 Å². The number of hydrogen-bond donors (Lipinski definition) is 0. The molecule has 0 bridgehead atoms. The van der Waals surface area contributed by atoms with Crippen LogP contribution in [-0.2, 0) is 10.2 Å². The molecule has 116 valence electrons. The van der Waals surface area contributed by atoms with Crippen molar-refractivity contribution in [2.45, 2.75) is 38.6 Å². The first-order valence-corrected chi connectivity index (χ1v) is 9.30. The molecule has 21 heavy (non-hydrogen) atoms. The number of rotatable bonds is 3. The number of nitrogens with zero attached hydrogens (tertiary/aromatic N) is 2. The van der Waals surface area contributed by atoms with Crippen LogP contribution < -0.4 is 0 Å². The predicted octanol–water partition coefficient (Wildman–Crippen LogP) is 2.80. The second-order valence-corrected chi connectivity index (χ2v) is 8.17. The SMILES string of the molecule is C[C@H]1CCCN(S(=O)(=O)N2CCC[C@H]2c2ccccc2)C1. The van der Waals surface area contributed by atoms with E-state index in [4.69, 9.17) is 0 Å². The Morgan fingerprint density at radius 3 is 2.48 bits per heavy atom. The molecule has 2 saturated heterocycles. The van der Waals surface area contributed by atoms with Crippen LogP contribution in [0.25, 0.3) is 0 Å². The fourth-order valence-corrected chi connectivity index (χ4v) is 5.54. The number of benzene rings is 1. The fourth-order valence-electron chi connectivity index (χ4n) is 3.53. The molecule has 0 amide bonds. The Hall–Kier alpha value is -0.910. The van der Waals surface area contributed by atoms with Gasteiger partial charge in [-0.25, -0.2) is 0 Å². The van der Waals surface area contributed by atoms with Gasteiger partial charge in [-0.05, 0) is 37.2 Å². The van der Waals surface area contributed by atoms with Gasteiger partial charge in [-0.2, -0.15) is 17.0 Å². The Labute approximate surface area is 127 Å². The Balaban J connectivity index is 1.84. The average Bonchev–Trinajstić information content (AvgIpc) is 2.98. The quantitative estimate of drug-likeness (QED) is 0.861. The zero-order valence-electron chi connectivity index (χ0n) is 12.6. The van der Waals surface area contributed by atoms with Gasteiger partial charge < -0.3 is 0 Å². The van der Waals surface area contributed by atoms with E-state index in [1.165, 1.54) is 0 Å². The lowest BCUT2D eigenvalue weighted by Crippen LogP contribution is -2.47. The fraction of sp³-hybridized carbons (Fsp3) is 0.625. The number of piperidine rings is 1. The van der Waals surface area contributed by atoms with Gasteiger partial charge in [0.15, 0.2) is 0 Å². The van der Waals surface area contributed by atoms with Crippen LogP contribution in [0.5, 0.6) is 0 Å². The molecule has 3 rings (SSSR count). The second kappa shape index (κ2) is 6.07. The smallest absolute Gasteiger partial charge is 0.195 e. The predicted molar refractivity (Wildman–Crippen MR) is 84.0 cm³/mol. The van der Waals surface area contributed by atoms with E-state index >= 15 is 0 Å². The van der Waals surface area contributed by atoms with Crippen molar-refractivity contribution in [3.63, 3.8) is 0 Å². The van der Waals surface area contributed by atoms with Crippen LogP contribution >= 0.6 is 0 Å². The van der Waals surface area contributed by atoms with Crippen LogP contribution in [0.2, 0.25) is 0 Å². The van der Waals surface area contributed by atoms with Gasteiger partial charge in [-0.15, -0.1) is 0 Å². The molecule has 2 heterocycles. The maximum Gasteiger partial charge on any atom is 0.282 e. The van der Waals surface area contributed by atoms with Crippen LogP contribution in [0, 0.1) is 5.92 Å². The van der Waals surface area contributed by atoms with Crippen LogP contribution in [0.15, 0.2) is 30.3 Å². The highest BCUT2D eigenvalue weighted by atomic mass is 32.2. The first kappa shape index (κ1) is 15.0. The molecule has 0 aromatic heterocycles. The summed E-state index contributed by atoms with van der Waals surface area (Å²) in [5.74, 6) is 0.464. The normalized spacial score (nSPS) is 28.8. The van der Waals surface area contributed by atoms with Gasteiger partial charge in [-0.1, -0.05) is 37.3 Å². The maximum atomic E-state index is 13.0. The van der Waals surface area contributed by atoms with Gasteiger partial charge in [0.1, 0.15) is 0 Å². The molecular formula is C16H24N2O2S. The first-order valence-electron chi connectivity index (χ1n) is 7.91. The number of hydrogen-bond acceptors (Lipinski definition) is 2. The lowest BCUT2D eigenvalue weighted by molar-refractivity contribution is 0.254. The minimum Gasteiger partial charge on any atom is -0.195 e. The third-order valence-corrected chi connectivity index (χ3v) is 6.64. The van der Waals surface area contributed by atoms with Crippen LogP contribution in [0.4, 0.5) is 0 Å². The summed E-state index contributed by atoms with van der Waals surface area (Å²) in [4.78, 5) is 0. The molecule has 2 aliphatic heterocycles. The summed E-state index contributed by atoms with van der Waals surface area (Å²) in [6, 6.07) is 10.0. The standard InChI is InChI=1S/C16H24N2O2S/c1-14-7-5-11-17(13-14)21(19,20)18-12-6-10-16(18)15-8-3-2-4-9-15/h2-4,8-9,14,16H,5-7,10-13H2,1H3/t14-,16-/m0/s1. The Morgan fingerprint density at radius 2 is 1.76 bits per heavy atom. The minimum atomic E-state index is -3.33. The zero-order chi connectivity index (χ0) is 14.9. The summed E-state index contributed by atoms with van der Waals surface area (Å²) in [7, 11) is -3.33. The van der Waals surface area contributed by atoms with E-state index in [2.05, 4.69) is 6.92 Å². The Kier molecular flexibility index (Phi) is 4.33. The third kappa shape index (κ3) is 3.00. The van der Waals surface area contributed by atoms with Crippen molar-refractivity contribution in [1.29, 1.82) is 0 Å². The van der Waals surface area contributed by atoms with Crippen molar-refractivity contribution in [3.8, 4) is 0 Å². The summed E-state index contributed by atoms with van der Waals surface area (Å²) in [5, 5.41) is 0. The van der Waals surface area contributed by atoms with Crippen molar-refractivity contribution in [3.05, 3.63) is 35.9 Å². The highest BCUT2D eigenvalue weighted by Crippen LogP contribution is 2.36. The molecular weight excluding hydrogens is 284 g/mol. The first-order chi connectivity index (χ1) is 10.1. The van der Waals surface area contributed by atoms with E-state index in [9.17, 15) is 8.42 Å².